The topological polar surface area (TPSA) is 76.0 Å². The lowest BCUT2D eigenvalue weighted by atomic mass is 9.46. The van der Waals surface area contributed by atoms with Crippen molar-refractivity contribution in [2.75, 3.05) is 6.61 Å². The Bertz CT molecular complexity index is 731. The smallest absolute Gasteiger partial charge is 0.331 e. The Kier molecular flexibility index (Phi) is 5.72. The predicted molar refractivity (Wildman–Crippen MR) is 107 cm³/mol. The fourth-order valence-electron chi connectivity index (χ4n) is 5.64. The van der Waals surface area contributed by atoms with E-state index in [9.17, 15) is 15.0 Å². The first-order valence-corrected chi connectivity index (χ1v) is 10.1. The van der Waals surface area contributed by atoms with Crippen molar-refractivity contribution in [2.24, 2.45) is 16.7 Å². The zero-order chi connectivity index (χ0) is 20.6. The number of aliphatic hydroxyl groups excluding tert-OH is 1. The van der Waals surface area contributed by atoms with Crippen molar-refractivity contribution in [3.05, 3.63) is 48.1 Å². The van der Waals surface area contributed by atoms with Gasteiger partial charge >= 0.3 is 5.97 Å². The van der Waals surface area contributed by atoms with Gasteiger partial charge in [0.05, 0.1) is 6.61 Å². The van der Waals surface area contributed by atoms with Crippen molar-refractivity contribution in [2.45, 2.75) is 65.0 Å². The largest absolute Gasteiger partial charge is 0.455 e. The molecule has 2 aliphatic carbocycles. The highest BCUT2D eigenvalue weighted by Crippen LogP contribution is 2.63. The van der Waals surface area contributed by atoms with E-state index in [0.717, 1.165) is 19.3 Å². The number of carbonyl (C=O) groups is 1. The molecule has 0 aromatic carbocycles. The first kappa shape index (κ1) is 21.0. The molecule has 0 unspecified atom stereocenters. The molecule has 0 amide bonds. The molecule has 5 heteroatoms. The fraction of sp³-hybridized carbons (Fsp3) is 0.609. The monoisotopic (exact) mass is 388 g/mol. The van der Waals surface area contributed by atoms with Crippen LogP contribution in [0, 0.1) is 16.7 Å². The van der Waals surface area contributed by atoms with Gasteiger partial charge in [0, 0.05) is 17.4 Å². The van der Waals surface area contributed by atoms with Crippen LogP contribution in [0.4, 0.5) is 0 Å². The van der Waals surface area contributed by atoms with E-state index < -0.39 is 29.4 Å². The van der Waals surface area contributed by atoms with Gasteiger partial charge in [0.25, 0.3) is 0 Å². The number of esters is 1. The molecule has 0 aromatic heterocycles. The molecule has 0 spiro atoms. The van der Waals surface area contributed by atoms with Gasteiger partial charge < -0.3 is 19.7 Å². The lowest BCUT2D eigenvalue weighted by Crippen LogP contribution is -2.65. The Balaban J connectivity index is 1.92. The van der Waals surface area contributed by atoms with Gasteiger partial charge in [0.2, 0.25) is 0 Å². The summed E-state index contributed by atoms with van der Waals surface area (Å²) in [7, 11) is 0. The second-order valence-electron chi connectivity index (χ2n) is 9.03. The summed E-state index contributed by atoms with van der Waals surface area (Å²) in [4.78, 5) is 12.4. The van der Waals surface area contributed by atoms with Gasteiger partial charge in [-0.3, -0.25) is 0 Å². The average molecular weight is 389 g/mol. The maximum absolute atomic E-state index is 12.4. The Hall–Kier alpha value is -1.69. The normalized spacial score (nSPS) is 39.9. The third-order valence-corrected chi connectivity index (χ3v) is 6.86. The molecule has 1 saturated heterocycles. The second kappa shape index (κ2) is 7.62. The minimum Gasteiger partial charge on any atom is -0.455 e. The maximum Gasteiger partial charge on any atom is 0.331 e. The average Bonchev–Trinajstić information content (AvgIpc) is 2.90. The van der Waals surface area contributed by atoms with E-state index in [2.05, 4.69) is 13.8 Å². The van der Waals surface area contributed by atoms with Crippen LogP contribution in [-0.4, -0.2) is 40.8 Å². The molecule has 2 fully saturated rings. The van der Waals surface area contributed by atoms with Crippen LogP contribution in [0.1, 0.15) is 47.0 Å². The van der Waals surface area contributed by atoms with E-state index in [1.165, 1.54) is 6.08 Å². The molecule has 1 saturated carbocycles. The summed E-state index contributed by atoms with van der Waals surface area (Å²) in [5, 5.41) is 22.0. The van der Waals surface area contributed by atoms with Gasteiger partial charge in [-0.25, -0.2) is 4.79 Å². The number of aliphatic hydroxyl groups is 2. The molecule has 28 heavy (non-hydrogen) atoms. The number of fused-ring (bicyclic) bond motifs is 3. The van der Waals surface area contributed by atoms with Gasteiger partial charge in [-0.2, -0.15) is 0 Å². The first-order valence-electron chi connectivity index (χ1n) is 10.1. The maximum atomic E-state index is 12.4. The van der Waals surface area contributed by atoms with E-state index in [4.69, 9.17) is 9.47 Å². The third kappa shape index (κ3) is 3.30. The van der Waals surface area contributed by atoms with Gasteiger partial charge in [-0.15, -0.1) is 0 Å². The van der Waals surface area contributed by atoms with Crippen LogP contribution in [0.5, 0.6) is 0 Å². The lowest BCUT2D eigenvalue weighted by Gasteiger charge is -2.60. The number of hydrogen-bond donors (Lipinski definition) is 2. The van der Waals surface area contributed by atoms with Gasteiger partial charge in [0.15, 0.2) is 6.29 Å². The fourth-order valence-corrected chi connectivity index (χ4v) is 5.64. The Morgan fingerprint density at radius 3 is 2.64 bits per heavy atom. The van der Waals surface area contributed by atoms with Gasteiger partial charge in [-0.1, -0.05) is 57.6 Å². The van der Waals surface area contributed by atoms with E-state index >= 15 is 0 Å². The molecule has 3 rings (SSSR count). The lowest BCUT2D eigenvalue weighted by molar-refractivity contribution is -0.244. The van der Waals surface area contributed by atoms with Crippen LogP contribution < -0.4 is 0 Å². The minimum atomic E-state index is -1.44. The van der Waals surface area contributed by atoms with Crippen LogP contribution in [0.25, 0.3) is 0 Å². The zero-order valence-corrected chi connectivity index (χ0v) is 17.2. The third-order valence-electron chi connectivity index (χ3n) is 6.86. The zero-order valence-electron chi connectivity index (χ0n) is 17.2. The number of hydrogen-bond acceptors (Lipinski definition) is 5. The number of carbonyl (C=O) groups excluding carboxylic acids is 1. The molecular weight excluding hydrogens is 356 g/mol. The van der Waals surface area contributed by atoms with Crippen molar-refractivity contribution in [3.8, 4) is 0 Å². The predicted octanol–water partition coefficient (Wildman–Crippen LogP) is 3.44. The summed E-state index contributed by atoms with van der Waals surface area (Å²) in [5.41, 5.74) is -1.63. The minimum absolute atomic E-state index is 0.130. The van der Waals surface area contributed by atoms with E-state index in [1.54, 1.807) is 18.2 Å². The van der Waals surface area contributed by atoms with Gasteiger partial charge in [0.1, 0.15) is 11.7 Å². The highest BCUT2D eigenvalue weighted by atomic mass is 16.6. The summed E-state index contributed by atoms with van der Waals surface area (Å²) in [6.07, 6.45) is 13.2. The number of ether oxygens (including phenoxy) is 2. The van der Waals surface area contributed by atoms with Crippen molar-refractivity contribution < 1.29 is 24.5 Å². The van der Waals surface area contributed by atoms with E-state index in [0.29, 0.717) is 5.57 Å². The molecule has 5 atom stereocenters. The Labute approximate surface area is 167 Å². The Morgan fingerprint density at radius 1 is 1.21 bits per heavy atom. The summed E-state index contributed by atoms with van der Waals surface area (Å²) < 4.78 is 11.3. The summed E-state index contributed by atoms with van der Waals surface area (Å²) >= 11 is 0. The molecule has 0 bridgehead atoms. The van der Waals surface area contributed by atoms with Crippen molar-refractivity contribution in [1.29, 1.82) is 0 Å². The molecule has 0 radical (unpaired) electrons. The Morgan fingerprint density at radius 2 is 1.93 bits per heavy atom. The van der Waals surface area contributed by atoms with Crippen molar-refractivity contribution in [1.82, 2.24) is 0 Å². The van der Waals surface area contributed by atoms with E-state index in [-0.39, 0.29) is 17.9 Å². The first-order chi connectivity index (χ1) is 13.2. The standard InChI is InChI=1S/C23H32O5/c1-5-6-7-8-9-11-18(24)28-17-14-16-15-27-20(25)23(16,26)22(4)13-10-12-21(2,3)19(17)22/h5-9,11,14,17,19-20,25-26H,10,12-13,15H2,1-4H3/b6-5+,8-7+,11-9+/t17-,19+,20-,22+,23+/m0/s1. The van der Waals surface area contributed by atoms with Crippen LogP contribution >= 0.6 is 0 Å². The molecule has 2 N–H and O–H groups in total. The highest BCUT2D eigenvalue weighted by molar-refractivity contribution is 5.82. The summed E-state index contributed by atoms with van der Waals surface area (Å²) in [6.45, 7) is 8.37. The van der Waals surface area contributed by atoms with Gasteiger partial charge in [-0.05, 0) is 36.8 Å². The van der Waals surface area contributed by atoms with Crippen LogP contribution in [0.15, 0.2) is 48.1 Å². The van der Waals surface area contributed by atoms with E-state index in [1.807, 2.05) is 32.1 Å². The van der Waals surface area contributed by atoms with Crippen molar-refractivity contribution >= 4 is 5.97 Å². The highest BCUT2D eigenvalue weighted by Gasteiger charge is 2.68. The summed E-state index contributed by atoms with van der Waals surface area (Å²) in [5.74, 6) is -0.546. The molecule has 3 aliphatic rings. The number of rotatable bonds is 4. The number of allylic oxidation sites excluding steroid dienone is 5. The van der Waals surface area contributed by atoms with Crippen LogP contribution in [0.2, 0.25) is 0 Å². The molecule has 1 heterocycles. The molecular formula is C23H32O5. The quantitative estimate of drug-likeness (QED) is 0.334. The van der Waals surface area contributed by atoms with Crippen LogP contribution in [0.3, 0.4) is 0 Å². The SMILES string of the molecule is C/C=C/C=C/C=C/C(=O)O[C@H]1C=C2CO[C@H](O)[C@@]2(O)[C@]2(C)CCCC(C)(C)[C@@H]12. The summed E-state index contributed by atoms with van der Waals surface area (Å²) in [6, 6.07) is 0. The molecule has 154 valence electrons. The van der Waals surface area contributed by atoms with Crippen LogP contribution in [-0.2, 0) is 14.3 Å². The molecule has 5 nitrogen and oxygen atoms in total. The van der Waals surface area contributed by atoms with Crippen molar-refractivity contribution in [3.63, 3.8) is 0 Å². The molecule has 1 aliphatic heterocycles. The molecule has 0 aromatic rings. The second-order valence-corrected chi connectivity index (χ2v) is 9.03.